The van der Waals surface area contributed by atoms with Gasteiger partial charge in [0.1, 0.15) is 18.2 Å². The molecule has 40 heavy (non-hydrogen) atoms. The third kappa shape index (κ3) is 4.65. The van der Waals surface area contributed by atoms with Crippen molar-refractivity contribution in [2.24, 2.45) is 17.8 Å². The van der Waals surface area contributed by atoms with Crippen LogP contribution >= 0.6 is 27.7 Å². The Labute approximate surface area is 246 Å². The number of ether oxygens (including phenoxy) is 1. The summed E-state index contributed by atoms with van der Waals surface area (Å²) in [5.74, 6) is -2.10. The van der Waals surface area contributed by atoms with E-state index >= 15 is 0 Å². The number of fused-ring (bicyclic) bond motifs is 2. The summed E-state index contributed by atoms with van der Waals surface area (Å²) in [4.78, 5) is 45.4. The minimum absolute atomic E-state index is 0.0593. The number of carbonyl (C=O) groups excluding carboxylic acids is 3. The number of thioether (sulfide) groups is 1. The van der Waals surface area contributed by atoms with Crippen molar-refractivity contribution in [2.45, 2.75) is 67.2 Å². The third-order valence-corrected chi connectivity index (χ3v) is 11.5. The van der Waals surface area contributed by atoms with Crippen molar-refractivity contribution in [3.63, 3.8) is 0 Å². The molecule has 0 saturated carbocycles. The quantitative estimate of drug-likeness (QED) is 0.228. The zero-order valence-corrected chi connectivity index (χ0v) is 25.4. The minimum atomic E-state index is -0.870. The van der Waals surface area contributed by atoms with E-state index in [1.54, 1.807) is 39.2 Å². The molecule has 0 aliphatic carbocycles. The molecular formula is C28H36BrN5O5S. The van der Waals surface area contributed by atoms with Crippen molar-refractivity contribution in [3.8, 4) is 0 Å². The van der Waals surface area contributed by atoms with Crippen LogP contribution in [-0.4, -0.2) is 94.4 Å². The second-order valence-electron chi connectivity index (χ2n) is 11.2. The number of alkyl halides is 1. The molecule has 7 atom stereocenters. The van der Waals surface area contributed by atoms with E-state index in [1.165, 1.54) is 0 Å². The largest absolute Gasteiger partial charge is 0.466 e. The van der Waals surface area contributed by atoms with Crippen LogP contribution in [0.1, 0.15) is 33.6 Å². The summed E-state index contributed by atoms with van der Waals surface area (Å²) in [5.41, 5.74) is 1.50. The molecule has 12 heteroatoms. The van der Waals surface area contributed by atoms with E-state index in [0.717, 1.165) is 5.52 Å². The number of para-hydroxylation sites is 1. The highest BCUT2D eigenvalue weighted by molar-refractivity contribution is 9.09. The second kappa shape index (κ2) is 11.4. The predicted octanol–water partition coefficient (Wildman–Crippen LogP) is 2.84. The zero-order valence-electron chi connectivity index (χ0n) is 23.0. The van der Waals surface area contributed by atoms with Crippen molar-refractivity contribution in [2.75, 3.05) is 19.8 Å². The number of likely N-dealkylation sites (tertiary alicyclic amines) is 1. The molecule has 2 bridgehead atoms. The predicted molar refractivity (Wildman–Crippen MR) is 155 cm³/mol. The Morgan fingerprint density at radius 2 is 2.12 bits per heavy atom. The van der Waals surface area contributed by atoms with Gasteiger partial charge < -0.3 is 19.6 Å². The molecule has 216 valence electrons. The zero-order chi connectivity index (χ0) is 28.8. The number of nitrogens with zero attached hydrogens (tertiary/aromatic N) is 5. The first-order valence-electron chi connectivity index (χ1n) is 13.8. The van der Waals surface area contributed by atoms with Crippen LogP contribution in [0.25, 0.3) is 11.0 Å². The van der Waals surface area contributed by atoms with Crippen LogP contribution in [0.4, 0.5) is 0 Å². The average molecular weight is 635 g/mol. The van der Waals surface area contributed by atoms with Crippen molar-refractivity contribution < 1.29 is 24.2 Å². The number of halogens is 1. The van der Waals surface area contributed by atoms with E-state index in [4.69, 9.17) is 4.74 Å². The van der Waals surface area contributed by atoms with Crippen molar-refractivity contribution >= 4 is 56.5 Å². The number of aliphatic hydroxyl groups excluding tert-OH is 1. The van der Waals surface area contributed by atoms with Crippen molar-refractivity contribution in [1.29, 1.82) is 0 Å². The number of esters is 1. The fourth-order valence-corrected chi connectivity index (χ4v) is 10.4. The number of hydrogen-bond donors (Lipinski definition) is 1. The van der Waals surface area contributed by atoms with E-state index < -0.39 is 34.6 Å². The SMILES string of the molecule is C=CCN(Cn1nnc2ccccc21)C(=O)C1N([C@@H](CO)CC(C)C)C(=O)[C@@H]2[C@@H](C(=O)OCC)[C@@H]3SC12CC3Br. The van der Waals surface area contributed by atoms with Gasteiger partial charge in [0.05, 0.1) is 41.4 Å². The number of aromatic nitrogens is 3. The summed E-state index contributed by atoms with van der Waals surface area (Å²) in [6.45, 7) is 9.95. The molecule has 3 aliphatic heterocycles. The molecule has 1 aromatic heterocycles. The number of rotatable bonds is 11. The van der Waals surface area contributed by atoms with Crippen LogP contribution in [0.15, 0.2) is 36.9 Å². The number of amides is 2. The lowest BCUT2D eigenvalue weighted by Gasteiger charge is -2.40. The minimum Gasteiger partial charge on any atom is -0.466 e. The van der Waals surface area contributed by atoms with Crippen LogP contribution in [0.3, 0.4) is 0 Å². The van der Waals surface area contributed by atoms with E-state index in [9.17, 15) is 19.5 Å². The molecule has 1 N–H and O–H groups in total. The molecule has 3 saturated heterocycles. The van der Waals surface area contributed by atoms with Crippen molar-refractivity contribution in [1.82, 2.24) is 24.8 Å². The normalized spacial score (nSPS) is 29.7. The summed E-state index contributed by atoms with van der Waals surface area (Å²) < 4.78 is 6.27. The van der Waals surface area contributed by atoms with Gasteiger partial charge >= 0.3 is 5.97 Å². The fourth-order valence-electron chi connectivity index (χ4n) is 6.80. The molecule has 3 aliphatic rings. The molecule has 4 heterocycles. The highest BCUT2D eigenvalue weighted by Gasteiger charge is 2.76. The summed E-state index contributed by atoms with van der Waals surface area (Å²) in [5, 5.41) is 18.8. The van der Waals surface area contributed by atoms with Crippen LogP contribution < -0.4 is 0 Å². The fraction of sp³-hybridized carbons (Fsp3) is 0.607. The van der Waals surface area contributed by atoms with Gasteiger partial charge in [0.2, 0.25) is 11.8 Å². The molecule has 0 radical (unpaired) electrons. The lowest BCUT2D eigenvalue weighted by atomic mass is 9.71. The first-order valence-corrected chi connectivity index (χ1v) is 15.6. The van der Waals surface area contributed by atoms with Crippen LogP contribution in [0.5, 0.6) is 0 Å². The molecule has 2 amide bonds. The molecule has 2 aromatic rings. The number of hydrogen-bond acceptors (Lipinski definition) is 8. The van der Waals surface area contributed by atoms with Gasteiger partial charge in [0.15, 0.2) is 0 Å². The van der Waals surface area contributed by atoms with Gasteiger partial charge in [-0.2, -0.15) is 0 Å². The summed E-state index contributed by atoms with van der Waals surface area (Å²) in [6.07, 6.45) is 2.73. The molecule has 3 fully saturated rings. The first-order chi connectivity index (χ1) is 19.2. The van der Waals surface area contributed by atoms with E-state index in [-0.39, 0.29) is 54.2 Å². The highest BCUT2D eigenvalue weighted by Crippen LogP contribution is 2.68. The lowest BCUT2D eigenvalue weighted by molar-refractivity contribution is -0.154. The number of carbonyl (C=O) groups is 3. The van der Waals surface area contributed by atoms with E-state index in [0.29, 0.717) is 18.4 Å². The standard InChI is InChI=1S/C28H36BrN5O5S/c1-5-11-32(15-33-20-10-8-7-9-19(20)30-31-33)26(37)24-28-13-18(29)23(40-28)21(27(38)39-6-2)22(28)25(36)34(24)17(14-35)12-16(3)4/h5,7-10,16-18,21-24,35H,1,6,11-15H2,2-4H3/t17-,18?,21-,22+,23-,24?,28?/m1/s1. The van der Waals surface area contributed by atoms with Gasteiger partial charge in [-0.1, -0.05) is 53.2 Å². The van der Waals surface area contributed by atoms with Gasteiger partial charge in [-0.05, 0) is 37.8 Å². The third-order valence-electron chi connectivity index (χ3n) is 8.25. The van der Waals surface area contributed by atoms with Crippen LogP contribution in [0.2, 0.25) is 0 Å². The molecule has 1 spiro atoms. The second-order valence-corrected chi connectivity index (χ2v) is 13.9. The van der Waals surface area contributed by atoms with Gasteiger partial charge in [-0.3, -0.25) is 14.4 Å². The van der Waals surface area contributed by atoms with E-state index in [1.807, 2.05) is 38.1 Å². The van der Waals surface area contributed by atoms with Crippen LogP contribution in [0, 0.1) is 17.8 Å². The highest BCUT2D eigenvalue weighted by atomic mass is 79.9. The topological polar surface area (TPSA) is 118 Å². The monoisotopic (exact) mass is 633 g/mol. The molecule has 10 nitrogen and oxygen atoms in total. The van der Waals surface area contributed by atoms with Gasteiger partial charge in [-0.25, -0.2) is 4.68 Å². The van der Waals surface area contributed by atoms with Gasteiger partial charge in [-0.15, -0.1) is 23.4 Å². The number of benzene rings is 1. The Hall–Kier alpha value is -2.44. The van der Waals surface area contributed by atoms with Crippen molar-refractivity contribution in [3.05, 3.63) is 36.9 Å². The maximum atomic E-state index is 14.7. The van der Waals surface area contributed by atoms with Gasteiger partial charge in [0.25, 0.3) is 0 Å². The molecular weight excluding hydrogens is 598 g/mol. The molecule has 1 aromatic carbocycles. The Kier molecular flexibility index (Phi) is 8.32. The Morgan fingerprint density at radius 3 is 2.80 bits per heavy atom. The summed E-state index contributed by atoms with van der Waals surface area (Å²) in [7, 11) is 0. The maximum Gasteiger partial charge on any atom is 0.310 e. The summed E-state index contributed by atoms with van der Waals surface area (Å²) >= 11 is 5.33. The van der Waals surface area contributed by atoms with E-state index in [2.05, 4.69) is 32.8 Å². The lowest BCUT2D eigenvalue weighted by Crippen LogP contribution is -2.58. The Balaban J connectivity index is 1.58. The average Bonchev–Trinajstić information content (AvgIpc) is 3.64. The first kappa shape index (κ1) is 29.1. The number of aliphatic hydroxyl groups is 1. The summed E-state index contributed by atoms with van der Waals surface area (Å²) in [6, 6.07) is 6.09. The Bertz CT molecular complexity index is 1300. The smallest absolute Gasteiger partial charge is 0.310 e. The Morgan fingerprint density at radius 1 is 1.38 bits per heavy atom. The molecule has 3 unspecified atom stereocenters. The maximum absolute atomic E-state index is 14.7. The molecule has 5 rings (SSSR count). The van der Waals surface area contributed by atoms with Gasteiger partial charge in [0, 0.05) is 16.6 Å². The van der Waals surface area contributed by atoms with Crippen LogP contribution in [-0.2, 0) is 25.8 Å².